The summed E-state index contributed by atoms with van der Waals surface area (Å²) in [7, 11) is 0. The summed E-state index contributed by atoms with van der Waals surface area (Å²) in [6, 6.07) is 18.8. The lowest BCUT2D eigenvalue weighted by Crippen LogP contribution is -2.43. The van der Waals surface area contributed by atoms with Crippen molar-refractivity contribution in [2.24, 2.45) is 5.92 Å². The second-order valence-electron chi connectivity index (χ2n) is 9.92. The Balaban J connectivity index is 1.13. The lowest BCUT2D eigenvalue weighted by atomic mass is 9.95. The maximum absolute atomic E-state index is 12.7. The third-order valence-corrected chi connectivity index (χ3v) is 7.36. The van der Waals surface area contributed by atoms with Gasteiger partial charge in [-0.25, -0.2) is 0 Å². The van der Waals surface area contributed by atoms with Gasteiger partial charge in [-0.05, 0) is 62.4 Å². The third kappa shape index (κ3) is 7.56. The summed E-state index contributed by atoms with van der Waals surface area (Å²) in [5, 5.41) is 3.10. The zero-order valence-electron chi connectivity index (χ0n) is 21.0. The lowest BCUT2D eigenvalue weighted by molar-refractivity contribution is -0.136. The van der Waals surface area contributed by atoms with Gasteiger partial charge < -0.3 is 15.0 Å². The summed E-state index contributed by atoms with van der Waals surface area (Å²) in [5.74, 6) is 0.941. The van der Waals surface area contributed by atoms with Crippen LogP contribution in [0.15, 0.2) is 54.6 Å². The number of hydrogen-bond donors (Lipinski definition) is 1. The van der Waals surface area contributed by atoms with E-state index in [-0.39, 0.29) is 17.7 Å². The number of piperidine rings is 2. The van der Waals surface area contributed by atoms with Crippen LogP contribution < -0.4 is 10.1 Å². The molecule has 2 aliphatic rings. The number of benzene rings is 2. The molecule has 2 fully saturated rings. The molecular formula is C29H39N3O3. The van der Waals surface area contributed by atoms with Gasteiger partial charge in [-0.2, -0.15) is 0 Å². The SMILES string of the molecule is CC1CCCCN1Cc1ccc(CNC(=O)C2CCN(C(=O)CCOc3ccccc3)CC2)cc1. The summed E-state index contributed by atoms with van der Waals surface area (Å²) < 4.78 is 5.64. The number of amides is 2. The molecule has 6 heteroatoms. The van der Waals surface area contributed by atoms with E-state index in [4.69, 9.17) is 4.74 Å². The average molecular weight is 478 g/mol. The van der Waals surface area contributed by atoms with Crippen LogP contribution in [-0.2, 0) is 22.7 Å². The van der Waals surface area contributed by atoms with Crippen molar-refractivity contribution in [3.05, 3.63) is 65.7 Å². The number of rotatable bonds is 9. The van der Waals surface area contributed by atoms with Gasteiger partial charge in [0.15, 0.2) is 0 Å². The molecule has 2 saturated heterocycles. The molecule has 2 aliphatic heterocycles. The van der Waals surface area contributed by atoms with E-state index in [1.807, 2.05) is 35.2 Å². The number of nitrogens with one attached hydrogen (secondary N) is 1. The second kappa shape index (κ2) is 12.7. The second-order valence-corrected chi connectivity index (χ2v) is 9.92. The third-order valence-electron chi connectivity index (χ3n) is 7.36. The molecule has 2 aromatic carbocycles. The normalized spacial score (nSPS) is 19.3. The van der Waals surface area contributed by atoms with E-state index in [1.54, 1.807) is 0 Å². The number of likely N-dealkylation sites (tertiary alicyclic amines) is 2. The van der Waals surface area contributed by atoms with E-state index >= 15 is 0 Å². The molecule has 0 aromatic heterocycles. The Morgan fingerprint density at radius 3 is 2.34 bits per heavy atom. The first-order chi connectivity index (χ1) is 17.1. The van der Waals surface area contributed by atoms with Gasteiger partial charge in [0.2, 0.25) is 11.8 Å². The molecule has 6 nitrogen and oxygen atoms in total. The Morgan fingerprint density at radius 1 is 0.914 bits per heavy atom. The van der Waals surface area contributed by atoms with Gasteiger partial charge in [-0.15, -0.1) is 0 Å². The predicted molar refractivity (Wildman–Crippen MR) is 138 cm³/mol. The number of para-hydroxylation sites is 1. The van der Waals surface area contributed by atoms with Crippen molar-refractivity contribution in [2.75, 3.05) is 26.2 Å². The molecule has 4 rings (SSSR count). The Hall–Kier alpha value is -2.86. The average Bonchev–Trinajstić information content (AvgIpc) is 2.90. The summed E-state index contributed by atoms with van der Waals surface area (Å²) in [4.78, 5) is 29.6. The quantitative estimate of drug-likeness (QED) is 0.582. The molecule has 1 atom stereocenters. The molecule has 0 saturated carbocycles. The first kappa shape index (κ1) is 25.2. The van der Waals surface area contributed by atoms with E-state index in [9.17, 15) is 9.59 Å². The predicted octanol–water partition coefficient (Wildman–Crippen LogP) is 4.38. The highest BCUT2D eigenvalue weighted by molar-refractivity contribution is 5.80. The minimum atomic E-state index is -0.0283. The molecular weight excluding hydrogens is 438 g/mol. The lowest BCUT2D eigenvalue weighted by Gasteiger charge is -2.33. The number of hydrogen-bond acceptors (Lipinski definition) is 4. The molecule has 0 bridgehead atoms. The first-order valence-electron chi connectivity index (χ1n) is 13.1. The van der Waals surface area contributed by atoms with Gasteiger partial charge in [-0.3, -0.25) is 14.5 Å². The topological polar surface area (TPSA) is 61.9 Å². The van der Waals surface area contributed by atoms with Crippen molar-refractivity contribution in [2.45, 2.75) is 64.6 Å². The molecule has 2 amide bonds. The fourth-order valence-electron chi connectivity index (χ4n) is 5.05. The standard InChI is InChI=1S/C29H39N3O3/c1-23-7-5-6-17-32(23)22-25-12-10-24(11-13-25)21-30-29(34)26-14-18-31(19-15-26)28(33)16-20-35-27-8-3-2-4-9-27/h2-4,8-13,23,26H,5-7,14-22H2,1H3,(H,30,34). The number of nitrogens with zero attached hydrogens (tertiary/aromatic N) is 2. The number of carbonyl (C=O) groups excluding carboxylic acids is 2. The van der Waals surface area contributed by atoms with Crippen LogP contribution in [0.4, 0.5) is 0 Å². The highest BCUT2D eigenvalue weighted by atomic mass is 16.5. The Labute approximate surface area is 209 Å². The molecule has 0 aliphatic carbocycles. The van der Waals surface area contributed by atoms with Gasteiger partial charge in [0.25, 0.3) is 0 Å². The van der Waals surface area contributed by atoms with Crippen molar-refractivity contribution in [3.8, 4) is 5.75 Å². The van der Waals surface area contributed by atoms with Crippen LogP contribution in [0.2, 0.25) is 0 Å². The molecule has 35 heavy (non-hydrogen) atoms. The first-order valence-corrected chi connectivity index (χ1v) is 13.1. The Morgan fingerprint density at radius 2 is 1.63 bits per heavy atom. The molecule has 188 valence electrons. The van der Waals surface area contributed by atoms with Crippen molar-refractivity contribution in [1.82, 2.24) is 15.1 Å². The molecule has 1 unspecified atom stereocenters. The van der Waals surface area contributed by atoms with Gasteiger partial charge in [0.05, 0.1) is 13.0 Å². The van der Waals surface area contributed by atoms with Crippen LogP contribution in [0, 0.1) is 5.92 Å². The molecule has 1 N–H and O–H groups in total. The highest BCUT2D eigenvalue weighted by Crippen LogP contribution is 2.20. The minimum absolute atomic E-state index is 0.0283. The van der Waals surface area contributed by atoms with Crippen molar-refractivity contribution < 1.29 is 14.3 Å². The van der Waals surface area contributed by atoms with Crippen LogP contribution in [0.5, 0.6) is 5.75 Å². The van der Waals surface area contributed by atoms with Gasteiger partial charge in [0.1, 0.15) is 5.75 Å². The summed E-state index contributed by atoms with van der Waals surface area (Å²) >= 11 is 0. The number of carbonyl (C=O) groups is 2. The molecule has 2 heterocycles. The summed E-state index contributed by atoms with van der Waals surface area (Å²) in [6.45, 7) is 6.70. The van der Waals surface area contributed by atoms with E-state index in [2.05, 4.69) is 41.4 Å². The van der Waals surface area contributed by atoms with Gasteiger partial charge in [-0.1, -0.05) is 48.9 Å². The maximum atomic E-state index is 12.7. The molecule has 2 aromatic rings. The van der Waals surface area contributed by atoms with Crippen LogP contribution in [-0.4, -0.2) is 53.9 Å². The molecule has 0 radical (unpaired) electrons. The Kier molecular flexibility index (Phi) is 9.18. The van der Waals surface area contributed by atoms with Crippen LogP contribution >= 0.6 is 0 Å². The van der Waals surface area contributed by atoms with Crippen LogP contribution in [0.1, 0.15) is 56.6 Å². The fraction of sp³-hybridized carbons (Fsp3) is 0.517. The summed E-state index contributed by atoms with van der Waals surface area (Å²) in [5.41, 5.74) is 2.46. The van der Waals surface area contributed by atoms with Gasteiger partial charge in [0, 0.05) is 38.1 Å². The van der Waals surface area contributed by atoms with E-state index in [0.717, 1.165) is 17.9 Å². The zero-order valence-corrected chi connectivity index (χ0v) is 21.0. The van der Waals surface area contributed by atoms with E-state index < -0.39 is 0 Å². The van der Waals surface area contributed by atoms with Gasteiger partial charge >= 0.3 is 0 Å². The zero-order chi connectivity index (χ0) is 24.5. The van der Waals surface area contributed by atoms with Crippen molar-refractivity contribution >= 4 is 11.8 Å². The van der Waals surface area contributed by atoms with Crippen LogP contribution in [0.25, 0.3) is 0 Å². The molecule has 0 spiro atoms. The highest BCUT2D eigenvalue weighted by Gasteiger charge is 2.27. The fourth-order valence-corrected chi connectivity index (χ4v) is 5.05. The largest absolute Gasteiger partial charge is 0.493 e. The van der Waals surface area contributed by atoms with Crippen LogP contribution in [0.3, 0.4) is 0 Å². The monoisotopic (exact) mass is 477 g/mol. The van der Waals surface area contributed by atoms with Crippen molar-refractivity contribution in [3.63, 3.8) is 0 Å². The van der Waals surface area contributed by atoms with Crippen molar-refractivity contribution in [1.29, 1.82) is 0 Å². The smallest absolute Gasteiger partial charge is 0.225 e. The Bertz CT molecular complexity index is 939. The summed E-state index contributed by atoms with van der Waals surface area (Å²) in [6.07, 6.45) is 5.71. The number of ether oxygens (including phenoxy) is 1. The van der Waals surface area contributed by atoms with E-state index in [0.29, 0.717) is 51.5 Å². The van der Waals surface area contributed by atoms with E-state index in [1.165, 1.54) is 31.4 Å². The minimum Gasteiger partial charge on any atom is -0.493 e. The maximum Gasteiger partial charge on any atom is 0.225 e.